The quantitative estimate of drug-likeness (QED) is 0.325. The number of hydrogen-bond acceptors (Lipinski definition) is 9. The second-order valence-electron chi connectivity index (χ2n) is 13.5. The van der Waals surface area contributed by atoms with Crippen LogP contribution in [-0.4, -0.2) is 72.7 Å². The molecule has 4 fully saturated rings. The van der Waals surface area contributed by atoms with Crippen LogP contribution in [0.15, 0.2) is 28.8 Å². The van der Waals surface area contributed by atoms with E-state index in [1.165, 1.54) is 0 Å². The van der Waals surface area contributed by atoms with E-state index in [1.807, 2.05) is 18.3 Å². The van der Waals surface area contributed by atoms with Crippen molar-refractivity contribution in [3.05, 3.63) is 29.3 Å². The molecule has 0 unspecified atom stereocenters. The van der Waals surface area contributed by atoms with E-state index in [0.717, 1.165) is 30.4 Å². The van der Waals surface area contributed by atoms with E-state index in [2.05, 4.69) is 6.92 Å². The van der Waals surface area contributed by atoms with Crippen LogP contribution >= 0.6 is 0 Å². The number of nitrogens with zero attached hydrogens (tertiary/aromatic N) is 1. The van der Waals surface area contributed by atoms with E-state index < -0.39 is 22.7 Å². The molecule has 5 aliphatic rings. The molecule has 0 saturated heterocycles. The Kier molecular flexibility index (Phi) is 7.38. The summed E-state index contributed by atoms with van der Waals surface area (Å²) in [6.07, 6.45) is 8.92. The van der Waals surface area contributed by atoms with Gasteiger partial charge in [-0.3, -0.25) is 4.99 Å². The minimum atomic E-state index is -1.10. The Balaban J connectivity index is 1.34. The highest BCUT2D eigenvalue weighted by molar-refractivity contribution is 5.85. The van der Waals surface area contributed by atoms with Crippen LogP contribution in [0.25, 0.3) is 0 Å². The highest BCUT2D eigenvalue weighted by Crippen LogP contribution is 2.70. The van der Waals surface area contributed by atoms with Crippen LogP contribution in [0.5, 0.6) is 17.2 Å². The number of ether oxygens (including phenoxy) is 4. The van der Waals surface area contributed by atoms with E-state index in [4.69, 9.17) is 23.9 Å². The molecule has 1 aromatic carbocycles. The van der Waals surface area contributed by atoms with Gasteiger partial charge >= 0.3 is 5.97 Å². The molecule has 8 atom stereocenters. The third-order valence-electron chi connectivity index (χ3n) is 12.0. The lowest BCUT2D eigenvalue weighted by molar-refractivity contribution is -0.237. The molecular weight excluding hydrogens is 538 g/mol. The molecule has 0 bridgehead atoms. The lowest BCUT2D eigenvalue weighted by Gasteiger charge is -2.65. The summed E-state index contributed by atoms with van der Waals surface area (Å²) in [7, 11) is 4.74. The molecule has 9 heteroatoms. The number of cyclic esters (lactones) is 1. The molecule has 6 rings (SSSR count). The van der Waals surface area contributed by atoms with Crippen LogP contribution in [0.1, 0.15) is 70.3 Å². The van der Waals surface area contributed by atoms with E-state index >= 15 is 0 Å². The molecule has 1 aromatic rings. The Labute approximate surface area is 247 Å². The number of rotatable bonds is 7. The van der Waals surface area contributed by atoms with Gasteiger partial charge in [-0.2, -0.15) is 0 Å². The molecule has 0 amide bonds. The van der Waals surface area contributed by atoms with Gasteiger partial charge in [0.15, 0.2) is 11.5 Å². The van der Waals surface area contributed by atoms with Gasteiger partial charge in [0.05, 0.1) is 45.2 Å². The summed E-state index contributed by atoms with van der Waals surface area (Å²) in [6.45, 7) is 2.88. The molecule has 9 nitrogen and oxygen atoms in total. The maximum atomic E-state index is 12.6. The Morgan fingerprint density at radius 1 is 0.976 bits per heavy atom. The largest absolute Gasteiger partial charge is 0.493 e. The summed E-state index contributed by atoms with van der Waals surface area (Å²) >= 11 is 0. The second-order valence-corrected chi connectivity index (χ2v) is 13.5. The zero-order valence-electron chi connectivity index (χ0n) is 25.2. The molecule has 0 aromatic heterocycles. The average Bonchev–Trinajstić information content (AvgIpc) is 3.51. The zero-order valence-corrected chi connectivity index (χ0v) is 25.2. The summed E-state index contributed by atoms with van der Waals surface area (Å²) < 4.78 is 21.8. The highest BCUT2D eigenvalue weighted by Gasteiger charge is 2.71. The summed E-state index contributed by atoms with van der Waals surface area (Å²) in [6, 6.07) is 3.77. The van der Waals surface area contributed by atoms with Gasteiger partial charge < -0.3 is 34.3 Å². The standard InChI is InChI=1S/C33H45NO8/c1-30-9-6-24-25(33(30,38)12-8-23(30)21-15-28(36)42-18-21)7-11-32(37)16-22(35)5-10-31(24,32)19-34-17-20-13-26(39-2)29(41-4)27(14-20)40-3/h13-15,19,22-25,35,37-38H,5-12,16-18H2,1-4H3/t22-,23+,24-,25+,30+,31-,32-,33-/m0/s1. The maximum Gasteiger partial charge on any atom is 0.331 e. The predicted octanol–water partition coefficient (Wildman–Crippen LogP) is 4.00. The van der Waals surface area contributed by atoms with Gasteiger partial charge in [0.25, 0.3) is 0 Å². The number of hydrogen-bond donors (Lipinski definition) is 3. The van der Waals surface area contributed by atoms with Crippen molar-refractivity contribution in [3.63, 3.8) is 0 Å². The van der Waals surface area contributed by atoms with Gasteiger partial charge in [-0.05, 0) is 92.4 Å². The van der Waals surface area contributed by atoms with Crippen LogP contribution in [0.2, 0.25) is 0 Å². The van der Waals surface area contributed by atoms with Crippen molar-refractivity contribution >= 4 is 12.2 Å². The summed E-state index contributed by atoms with van der Waals surface area (Å²) in [5.74, 6) is 1.48. The molecule has 1 heterocycles. The van der Waals surface area contributed by atoms with Crippen LogP contribution in [0.3, 0.4) is 0 Å². The van der Waals surface area contributed by atoms with E-state index in [-0.39, 0.29) is 29.1 Å². The maximum absolute atomic E-state index is 12.6. The number of esters is 1. The Bertz CT molecular complexity index is 1270. The average molecular weight is 584 g/mol. The van der Waals surface area contributed by atoms with Crippen molar-refractivity contribution in [1.82, 2.24) is 0 Å². The Hall–Kier alpha value is -2.62. The SMILES string of the molecule is COc1cc(CN=C[C@]23CC[C@H](O)C[C@@]2(O)CC[C@@H]2[C@@H]3CC[C@]3(C)[C@@H](C4=CC(=O)OC4)CC[C@]23O)cc(OC)c1OC. The van der Waals surface area contributed by atoms with Crippen LogP contribution in [0.4, 0.5) is 0 Å². The zero-order chi connectivity index (χ0) is 29.9. The number of aliphatic imine (C=N–C) groups is 1. The number of benzene rings is 1. The minimum absolute atomic E-state index is 0.0111. The molecule has 42 heavy (non-hydrogen) atoms. The molecule has 3 N–H and O–H groups in total. The van der Waals surface area contributed by atoms with E-state index in [1.54, 1.807) is 27.4 Å². The summed E-state index contributed by atoms with van der Waals surface area (Å²) in [5.41, 5.74) is -1.14. The first-order valence-electron chi connectivity index (χ1n) is 15.3. The summed E-state index contributed by atoms with van der Waals surface area (Å²) in [5, 5.41) is 35.5. The van der Waals surface area contributed by atoms with Crippen molar-refractivity contribution in [3.8, 4) is 17.2 Å². The van der Waals surface area contributed by atoms with Crippen molar-refractivity contribution in [2.75, 3.05) is 27.9 Å². The van der Waals surface area contributed by atoms with E-state index in [9.17, 15) is 20.1 Å². The minimum Gasteiger partial charge on any atom is -0.493 e. The van der Waals surface area contributed by atoms with E-state index in [0.29, 0.717) is 68.9 Å². The van der Waals surface area contributed by atoms with Gasteiger partial charge in [-0.1, -0.05) is 6.92 Å². The first-order valence-corrected chi connectivity index (χ1v) is 15.3. The molecule has 1 aliphatic heterocycles. The Morgan fingerprint density at radius 2 is 1.69 bits per heavy atom. The fourth-order valence-corrected chi connectivity index (χ4v) is 9.90. The normalized spacial score (nSPS) is 41.0. The van der Waals surface area contributed by atoms with Crippen LogP contribution in [-0.2, 0) is 16.1 Å². The fourth-order valence-electron chi connectivity index (χ4n) is 9.90. The number of carbonyl (C=O) groups excluding carboxylic acids is 1. The first kappa shape index (κ1) is 29.5. The van der Waals surface area contributed by atoms with Gasteiger partial charge in [-0.15, -0.1) is 0 Å². The third kappa shape index (κ3) is 4.21. The molecule has 230 valence electrons. The van der Waals surface area contributed by atoms with Crippen molar-refractivity contribution < 1.29 is 39.1 Å². The van der Waals surface area contributed by atoms with Gasteiger partial charge in [-0.25, -0.2) is 4.79 Å². The number of fused-ring (bicyclic) bond motifs is 5. The van der Waals surface area contributed by atoms with Crippen molar-refractivity contribution in [2.45, 2.75) is 88.6 Å². The molecule has 4 saturated carbocycles. The fraction of sp³-hybridized carbons (Fsp3) is 0.697. The highest BCUT2D eigenvalue weighted by atomic mass is 16.5. The monoisotopic (exact) mass is 583 g/mol. The lowest BCUT2D eigenvalue weighted by atomic mass is 9.41. The molecular formula is C33H45NO8. The van der Waals surface area contributed by atoms with Crippen LogP contribution in [0, 0.1) is 28.6 Å². The second kappa shape index (κ2) is 10.5. The molecule has 0 spiro atoms. The van der Waals surface area contributed by atoms with Crippen molar-refractivity contribution in [1.29, 1.82) is 0 Å². The lowest BCUT2D eigenvalue weighted by Crippen LogP contribution is -2.68. The predicted molar refractivity (Wildman–Crippen MR) is 156 cm³/mol. The van der Waals surface area contributed by atoms with Gasteiger partial charge in [0.1, 0.15) is 6.61 Å². The Morgan fingerprint density at radius 3 is 2.33 bits per heavy atom. The number of aliphatic hydroxyl groups is 3. The smallest absolute Gasteiger partial charge is 0.331 e. The number of methoxy groups -OCH3 is 3. The molecule has 0 radical (unpaired) electrons. The van der Waals surface area contributed by atoms with Crippen LogP contribution < -0.4 is 14.2 Å². The van der Waals surface area contributed by atoms with Gasteiger partial charge in [0.2, 0.25) is 5.75 Å². The third-order valence-corrected chi connectivity index (χ3v) is 12.0. The number of carbonyl (C=O) groups is 1. The topological polar surface area (TPSA) is 127 Å². The van der Waals surface area contributed by atoms with Gasteiger partial charge in [0, 0.05) is 29.5 Å². The molecule has 4 aliphatic carbocycles. The first-order chi connectivity index (χ1) is 20.0. The summed E-state index contributed by atoms with van der Waals surface area (Å²) in [4.78, 5) is 16.9. The van der Waals surface area contributed by atoms with Crippen molar-refractivity contribution in [2.24, 2.45) is 33.6 Å². The number of aliphatic hydroxyl groups excluding tert-OH is 1.